The maximum Gasteiger partial charge on any atom is 0.163 e. The summed E-state index contributed by atoms with van der Waals surface area (Å²) >= 11 is 24.8. The zero-order valence-electron chi connectivity index (χ0n) is 13.7. The van der Waals surface area contributed by atoms with Crippen molar-refractivity contribution in [3.63, 3.8) is 0 Å². The van der Waals surface area contributed by atoms with Crippen molar-refractivity contribution in [1.82, 2.24) is 9.97 Å². The summed E-state index contributed by atoms with van der Waals surface area (Å²) in [7, 11) is 0. The highest BCUT2D eigenvalue weighted by molar-refractivity contribution is 6.36. The highest BCUT2D eigenvalue weighted by Gasteiger charge is 2.13. The van der Waals surface area contributed by atoms with Gasteiger partial charge in [-0.1, -0.05) is 58.5 Å². The standard InChI is InChI=1S/C20H11Cl4N3/c21-11-5-7-13(16(24)9-11)19-25-17-4-2-1-3-14(17)20(27-19)26-18-10-12(22)6-8-15(18)23/h1-10H,(H,25,26,27). The third-order valence-electron chi connectivity index (χ3n) is 3.96. The summed E-state index contributed by atoms with van der Waals surface area (Å²) in [6, 6.07) is 18.1. The first-order valence-corrected chi connectivity index (χ1v) is 9.47. The van der Waals surface area contributed by atoms with E-state index in [1.807, 2.05) is 24.3 Å². The van der Waals surface area contributed by atoms with Gasteiger partial charge in [-0.05, 0) is 48.5 Å². The molecule has 0 saturated heterocycles. The number of hydrogen-bond donors (Lipinski definition) is 1. The second-order valence-electron chi connectivity index (χ2n) is 5.79. The van der Waals surface area contributed by atoms with Gasteiger partial charge in [0.05, 0.1) is 21.2 Å². The molecule has 0 aliphatic rings. The van der Waals surface area contributed by atoms with Crippen LogP contribution in [0, 0.1) is 0 Å². The average Bonchev–Trinajstić information content (AvgIpc) is 2.64. The number of anilines is 2. The van der Waals surface area contributed by atoms with Crippen molar-refractivity contribution >= 4 is 68.8 Å². The van der Waals surface area contributed by atoms with E-state index in [1.54, 1.807) is 36.4 Å². The van der Waals surface area contributed by atoms with Gasteiger partial charge in [0.15, 0.2) is 5.82 Å². The molecule has 1 heterocycles. The van der Waals surface area contributed by atoms with E-state index in [4.69, 9.17) is 46.4 Å². The van der Waals surface area contributed by atoms with E-state index >= 15 is 0 Å². The Morgan fingerprint density at radius 2 is 1.44 bits per heavy atom. The van der Waals surface area contributed by atoms with Crippen LogP contribution in [0.5, 0.6) is 0 Å². The molecule has 0 spiro atoms. The molecule has 1 aromatic heterocycles. The van der Waals surface area contributed by atoms with Gasteiger partial charge in [-0.15, -0.1) is 0 Å². The third kappa shape index (κ3) is 3.83. The van der Waals surface area contributed by atoms with Crippen molar-refractivity contribution in [3.8, 4) is 11.4 Å². The summed E-state index contributed by atoms with van der Waals surface area (Å²) in [5.41, 5.74) is 2.11. The molecule has 0 bridgehead atoms. The molecule has 4 rings (SSSR count). The maximum atomic E-state index is 6.35. The lowest BCUT2D eigenvalue weighted by Crippen LogP contribution is -2.00. The monoisotopic (exact) mass is 433 g/mol. The first kappa shape index (κ1) is 18.3. The summed E-state index contributed by atoms with van der Waals surface area (Å²) in [6.45, 7) is 0. The minimum absolute atomic E-state index is 0.476. The van der Waals surface area contributed by atoms with Crippen LogP contribution in [-0.2, 0) is 0 Å². The normalized spacial score (nSPS) is 11.0. The minimum atomic E-state index is 0.476. The Kier molecular flexibility index (Phi) is 5.11. The molecule has 3 nitrogen and oxygen atoms in total. The number of nitrogens with zero attached hydrogens (tertiary/aromatic N) is 2. The van der Waals surface area contributed by atoms with Crippen LogP contribution < -0.4 is 5.32 Å². The fraction of sp³-hybridized carbons (Fsp3) is 0. The number of fused-ring (bicyclic) bond motifs is 1. The molecule has 27 heavy (non-hydrogen) atoms. The molecule has 0 amide bonds. The van der Waals surface area contributed by atoms with E-state index in [9.17, 15) is 0 Å². The molecular weight excluding hydrogens is 424 g/mol. The lowest BCUT2D eigenvalue weighted by atomic mass is 10.1. The molecule has 0 fully saturated rings. The first-order valence-electron chi connectivity index (χ1n) is 7.95. The van der Waals surface area contributed by atoms with Crippen molar-refractivity contribution in [2.24, 2.45) is 0 Å². The van der Waals surface area contributed by atoms with Gasteiger partial charge in [-0.2, -0.15) is 0 Å². The number of benzene rings is 3. The van der Waals surface area contributed by atoms with E-state index in [0.29, 0.717) is 43.0 Å². The Morgan fingerprint density at radius 1 is 0.704 bits per heavy atom. The fourth-order valence-electron chi connectivity index (χ4n) is 2.68. The van der Waals surface area contributed by atoms with Gasteiger partial charge in [0, 0.05) is 21.0 Å². The topological polar surface area (TPSA) is 37.8 Å². The summed E-state index contributed by atoms with van der Waals surface area (Å²) in [5, 5.41) is 6.24. The van der Waals surface area contributed by atoms with Crippen LogP contribution in [0.4, 0.5) is 11.5 Å². The van der Waals surface area contributed by atoms with E-state index in [-0.39, 0.29) is 0 Å². The van der Waals surface area contributed by atoms with E-state index in [2.05, 4.69) is 15.3 Å². The molecule has 4 aromatic rings. The minimum Gasteiger partial charge on any atom is -0.338 e. The van der Waals surface area contributed by atoms with Crippen LogP contribution in [0.3, 0.4) is 0 Å². The quantitative estimate of drug-likeness (QED) is 0.359. The van der Waals surface area contributed by atoms with Gasteiger partial charge >= 0.3 is 0 Å². The number of rotatable bonds is 3. The van der Waals surface area contributed by atoms with Crippen LogP contribution in [-0.4, -0.2) is 9.97 Å². The number of aromatic nitrogens is 2. The Labute approximate surface area is 175 Å². The number of nitrogens with one attached hydrogen (secondary N) is 1. The summed E-state index contributed by atoms with van der Waals surface area (Å²) in [5.74, 6) is 1.09. The Bertz CT molecular complexity index is 1160. The van der Waals surface area contributed by atoms with Crippen LogP contribution >= 0.6 is 46.4 Å². The second kappa shape index (κ2) is 7.53. The number of hydrogen-bond acceptors (Lipinski definition) is 3. The third-order valence-corrected chi connectivity index (χ3v) is 5.07. The zero-order chi connectivity index (χ0) is 19.0. The van der Waals surface area contributed by atoms with Crippen LogP contribution in [0.1, 0.15) is 0 Å². The van der Waals surface area contributed by atoms with Gasteiger partial charge in [0.1, 0.15) is 5.82 Å². The number of para-hydroxylation sites is 1. The van der Waals surface area contributed by atoms with Gasteiger partial charge < -0.3 is 5.32 Å². The van der Waals surface area contributed by atoms with Gasteiger partial charge in [0.25, 0.3) is 0 Å². The van der Waals surface area contributed by atoms with Crippen molar-refractivity contribution in [2.75, 3.05) is 5.32 Å². The highest BCUT2D eigenvalue weighted by atomic mass is 35.5. The molecule has 1 N–H and O–H groups in total. The maximum absolute atomic E-state index is 6.35. The lowest BCUT2D eigenvalue weighted by Gasteiger charge is -2.13. The molecular formula is C20H11Cl4N3. The van der Waals surface area contributed by atoms with Gasteiger partial charge in [-0.3, -0.25) is 0 Å². The molecule has 0 aliphatic carbocycles. The molecule has 0 radical (unpaired) electrons. The van der Waals surface area contributed by atoms with Crippen molar-refractivity contribution in [2.45, 2.75) is 0 Å². The Morgan fingerprint density at radius 3 is 2.26 bits per heavy atom. The number of halogens is 4. The Balaban J connectivity index is 1.90. The largest absolute Gasteiger partial charge is 0.338 e. The van der Waals surface area contributed by atoms with E-state index in [0.717, 1.165) is 10.9 Å². The van der Waals surface area contributed by atoms with E-state index in [1.165, 1.54) is 0 Å². The molecule has 0 aliphatic heterocycles. The highest BCUT2D eigenvalue weighted by Crippen LogP contribution is 2.34. The molecule has 134 valence electrons. The zero-order valence-corrected chi connectivity index (χ0v) is 16.7. The van der Waals surface area contributed by atoms with Crippen molar-refractivity contribution < 1.29 is 0 Å². The molecule has 0 unspecified atom stereocenters. The summed E-state index contributed by atoms with van der Waals surface area (Å²) in [4.78, 5) is 9.32. The Hall–Kier alpha value is -2.04. The van der Waals surface area contributed by atoms with Gasteiger partial charge in [0.2, 0.25) is 0 Å². The van der Waals surface area contributed by atoms with Crippen molar-refractivity contribution in [1.29, 1.82) is 0 Å². The van der Waals surface area contributed by atoms with Crippen LogP contribution in [0.2, 0.25) is 20.1 Å². The van der Waals surface area contributed by atoms with Crippen LogP contribution in [0.15, 0.2) is 60.7 Å². The molecule has 7 heteroatoms. The fourth-order valence-corrected chi connectivity index (χ4v) is 3.51. The molecule has 3 aromatic carbocycles. The molecule has 0 saturated carbocycles. The summed E-state index contributed by atoms with van der Waals surface area (Å²) in [6.07, 6.45) is 0. The first-order chi connectivity index (χ1) is 13.0. The average molecular weight is 435 g/mol. The van der Waals surface area contributed by atoms with E-state index < -0.39 is 0 Å². The second-order valence-corrected chi connectivity index (χ2v) is 7.47. The van der Waals surface area contributed by atoms with Crippen molar-refractivity contribution in [3.05, 3.63) is 80.8 Å². The summed E-state index contributed by atoms with van der Waals surface area (Å²) < 4.78 is 0. The van der Waals surface area contributed by atoms with Gasteiger partial charge in [-0.25, -0.2) is 9.97 Å². The van der Waals surface area contributed by atoms with Crippen LogP contribution in [0.25, 0.3) is 22.3 Å². The SMILES string of the molecule is Clc1ccc(-c2nc(Nc3cc(Cl)ccc3Cl)c3ccccc3n2)c(Cl)c1. The smallest absolute Gasteiger partial charge is 0.163 e. The molecule has 0 atom stereocenters. The predicted octanol–water partition coefficient (Wildman–Crippen LogP) is 7.65. The predicted molar refractivity (Wildman–Crippen MR) is 115 cm³/mol. The lowest BCUT2D eigenvalue weighted by molar-refractivity contribution is 1.22.